The minimum atomic E-state index is -3.56. The van der Waals surface area contributed by atoms with E-state index in [0.717, 1.165) is 37.3 Å². The van der Waals surface area contributed by atoms with Crippen molar-refractivity contribution in [2.45, 2.75) is 33.1 Å². The summed E-state index contributed by atoms with van der Waals surface area (Å²) in [5.74, 6) is -1.18. The summed E-state index contributed by atoms with van der Waals surface area (Å²) in [5, 5.41) is 16.1. The lowest BCUT2D eigenvalue weighted by Crippen LogP contribution is -2.37. The van der Waals surface area contributed by atoms with Crippen LogP contribution in [-0.2, 0) is 29.6 Å². The number of benzene rings is 3. The molecule has 2 heterocycles. The van der Waals surface area contributed by atoms with E-state index >= 15 is 0 Å². The van der Waals surface area contributed by atoms with Crippen molar-refractivity contribution < 1.29 is 28.3 Å². The summed E-state index contributed by atoms with van der Waals surface area (Å²) in [6.45, 7) is 6.48. The van der Waals surface area contributed by atoms with Crippen LogP contribution in [0.3, 0.4) is 0 Å². The maximum atomic E-state index is 13.6. The molecule has 9 nitrogen and oxygen atoms in total. The normalized spacial score (nSPS) is 16.9. The van der Waals surface area contributed by atoms with Crippen molar-refractivity contribution in [3.8, 4) is 0 Å². The van der Waals surface area contributed by atoms with Gasteiger partial charge in [0.1, 0.15) is 0 Å². The van der Waals surface area contributed by atoms with Crippen LogP contribution in [0.15, 0.2) is 72.8 Å². The average molecular weight is 604 g/mol. The summed E-state index contributed by atoms with van der Waals surface area (Å²) in [5.41, 5.74) is 5.15. The first-order valence-corrected chi connectivity index (χ1v) is 16.3. The molecule has 0 radical (unpaired) electrons. The molecule has 0 aliphatic carbocycles. The number of anilines is 2. The van der Waals surface area contributed by atoms with Crippen LogP contribution in [0.2, 0.25) is 0 Å². The minimum Gasteiger partial charge on any atom is -0.481 e. The van der Waals surface area contributed by atoms with E-state index < -0.39 is 13.6 Å². The van der Waals surface area contributed by atoms with Crippen LogP contribution in [-0.4, -0.2) is 54.7 Å². The topological polar surface area (TPSA) is 117 Å². The molecule has 2 aliphatic heterocycles. The van der Waals surface area contributed by atoms with Gasteiger partial charge in [-0.15, -0.1) is 0 Å². The second-order valence-corrected chi connectivity index (χ2v) is 12.7. The fourth-order valence-electron chi connectivity index (χ4n) is 5.57. The molecule has 5 rings (SSSR count). The number of carboxylic acids is 1. The molecule has 0 bridgehead atoms. The summed E-state index contributed by atoms with van der Waals surface area (Å²) in [6.07, 6.45) is 2.26. The maximum Gasteiger partial charge on any atom is 0.361 e. The van der Waals surface area contributed by atoms with Crippen LogP contribution in [0.1, 0.15) is 43.4 Å². The lowest BCUT2D eigenvalue weighted by atomic mass is 9.97. The fraction of sp³-hybridized carbons (Fsp3) is 0.333. The molecule has 1 fully saturated rings. The number of carboxylic acid groups (broad SMARTS) is 1. The van der Waals surface area contributed by atoms with Crippen LogP contribution >= 0.6 is 7.60 Å². The first kappa shape index (κ1) is 30.7. The van der Waals surface area contributed by atoms with Crippen molar-refractivity contribution in [3.63, 3.8) is 0 Å². The first-order chi connectivity index (χ1) is 20.8. The Morgan fingerprint density at radius 1 is 1.00 bits per heavy atom. The van der Waals surface area contributed by atoms with Crippen molar-refractivity contribution in [2.75, 3.05) is 43.5 Å². The molecular formula is C33H38N3O6P. The molecule has 43 heavy (non-hydrogen) atoms. The van der Waals surface area contributed by atoms with Gasteiger partial charge in [0.15, 0.2) is 0 Å². The number of fused-ring (bicyclic) bond motifs is 1. The largest absolute Gasteiger partial charge is 0.481 e. The third-order valence-corrected chi connectivity index (χ3v) is 9.96. The van der Waals surface area contributed by atoms with Crippen LogP contribution in [0.5, 0.6) is 0 Å². The molecule has 226 valence electrons. The zero-order chi connectivity index (χ0) is 30.4. The Labute approximate surface area is 252 Å². The summed E-state index contributed by atoms with van der Waals surface area (Å²) in [4.78, 5) is 27.0. The smallest absolute Gasteiger partial charge is 0.361 e. The summed E-state index contributed by atoms with van der Waals surface area (Å²) in [7, 11) is -3.56. The van der Waals surface area contributed by atoms with Gasteiger partial charge in [-0.25, -0.2) is 0 Å². The molecule has 0 spiro atoms. The van der Waals surface area contributed by atoms with Gasteiger partial charge in [0, 0.05) is 23.5 Å². The molecule has 3 aromatic rings. The lowest BCUT2D eigenvalue weighted by molar-refractivity contribution is -0.143. The Bertz CT molecular complexity index is 1520. The van der Waals surface area contributed by atoms with E-state index in [0.29, 0.717) is 40.7 Å². The third-order valence-electron chi connectivity index (χ3n) is 7.85. The number of rotatable bonds is 12. The SMILES string of the molecule is CCOP(=O)(OCC)c1ccc2c(c1)/C(=C(/Nc1ccc(CCN3CCC(C(=O)O)CC3)cc1)c1ccccc1)C(=O)N2. The summed E-state index contributed by atoms with van der Waals surface area (Å²) < 4.78 is 24.7. The van der Waals surface area contributed by atoms with Gasteiger partial charge in [0.2, 0.25) is 0 Å². The number of amides is 1. The molecular weight excluding hydrogens is 565 g/mol. The van der Waals surface area contributed by atoms with Crippen LogP contribution < -0.4 is 15.9 Å². The Hall–Kier alpha value is -3.75. The standard InChI is InChI=1S/C33H38N3O6P/c1-3-41-43(40,42-4-2)27-14-15-29-28(22-27)30(32(37)35-29)31(24-8-6-5-7-9-24)34-26-12-10-23(11-13-26)16-19-36-20-17-25(18-21-36)33(38)39/h5-15,22,25,34H,3-4,16-21H2,1-2H3,(H,35,37)(H,38,39)/b31-30-. The molecule has 3 aromatic carbocycles. The monoisotopic (exact) mass is 603 g/mol. The first-order valence-electron chi connectivity index (χ1n) is 14.8. The quantitative estimate of drug-likeness (QED) is 0.174. The number of hydrogen-bond donors (Lipinski definition) is 3. The van der Waals surface area contributed by atoms with Crippen LogP contribution in [0, 0.1) is 5.92 Å². The molecule has 2 aliphatic rings. The van der Waals surface area contributed by atoms with E-state index in [2.05, 4.69) is 27.7 Å². The summed E-state index contributed by atoms with van der Waals surface area (Å²) >= 11 is 0. The van der Waals surface area contributed by atoms with Gasteiger partial charge in [0.05, 0.1) is 35.7 Å². The van der Waals surface area contributed by atoms with Gasteiger partial charge in [-0.1, -0.05) is 42.5 Å². The van der Waals surface area contributed by atoms with Gasteiger partial charge in [0.25, 0.3) is 5.91 Å². The van der Waals surface area contributed by atoms with Gasteiger partial charge in [-0.2, -0.15) is 0 Å². The number of nitrogens with one attached hydrogen (secondary N) is 2. The van der Waals surface area contributed by atoms with Crippen molar-refractivity contribution in [1.82, 2.24) is 4.90 Å². The highest BCUT2D eigenvalue weighted by Crippen LogP contribution is 2.48. The molecule has 0 aromatic heterocycles. The third kappa shape index (κ3) is 7.08. The van der Waals surface area contributed by atoms with Gasteiger partial charge >= 0.3 is 13.6 Å². The van der Waals surface area contributed by atoms with Crippen LogP contribution in [0.4, 0.5) is 11.4 Å². The van der Waals surface area contributed by atoms with E-state index in [9.17, 15) is 19.3 Å². The maximum absolute atomic E-state index is 13.6. The lowest BCUT2D eigenvalue weighted by Gasteiger charge is -2.29. The van der Waals surface area contributed by atoms with E-state index in [-0.39, 0.29) is 25.0 Å². The molecule has 0 unspecified atom stereocenters. The Balaban J connectivity index is 1.41. The number of piperidine rings is 1. The second kappa shape index (κ2) is 13.7. The van der Waals surface area contributed by atoms with Gasteiger partial charge in [-0.05, 0) is 87.7 Å². The number of hydrogen-bond acceptors (Lipinski definition) is 7. The Kier molecular flexibility index (Phi) is 9.78. The van der Waals surface area contributed by atoms with Crippen molar-refractivity contribution in [3.05, 3.63) is 89.5 Å². The number of nitrogens with zero attached hydrogens (tertiary/aromatic N) is 1. The van der Waals surface area contributed by atoms with E-state index in [1.165, 1.54) is 5.56 Å². The Morgan fingerprint density at radius 3 is 2.30 bits per heavy atom. The van der Waals surface area contributed by atoms with Crippen molar-refractivity contribution >= 4 is 47.4 Å². The Morgan fingerprint density at radius 2 is 1.67 bits per heavy atom. The van der Waals surface area contributed by atoms with E-state index in [1.807, 2.05) is 42.5 Å². The highest BCUT2D eigenvalue weighted by Gasteiger charge is 2.33. The number of aliphatic carboxylic acids is 1. The van der Waals surface area contributed by atoms with E-state index in [4.69, 9.17) is 9.05 Å². The highest BCUT2D eigenvalue weighted by atomic mass is 31.2. The van der Waals surface area contributed by atoms with Gasteiger partial charge < -0.3 is 29.7 Å². The number of likely N-dealkylation sites (tertiary alicyclic amines) is 1. The molecule has 10 heteroatoms. The number of carbonyl (C=O) groups is 2. The van der Waals surface area contributed by atoms with Crippen LogP contribution in [0.25, 0.3) is 11.3 Å². The summed E-state index contributed by atoms with van der Waals surface area (Å²) in [6, 6.07) is 22.9. The highest BCUT2D eigenvalue weighted by molar-refractivity contribution is 7.62. The minimum absolute atomic E-state index is 0.226. The van der Waals surface area contributed by atoms with Crippen molar-refractivity contribution in [2.24, 2.45) is 5.92 Å². The molecule has 1 amide bonds. The van der Waals surface area contributed by atoms with Gasteiger partial charge in [-0.3, -0.25) is 14.2 Å². The zero-order valence-electron chi connectivity index (χ0n) is 24.5. The molecule has 3 N–H and O–H groups in total. The predicted octanol–water partition coefficient (Wildman–Crippen LogP) is 5.85. The predicted molar refractivity (Wildman–Crippen MR) is 169 cm³/mol. The zero-order valence-corrected chi connectivity index (χ0v) is 25.4. The fourth-order valence-corrected chi connectivity index (χ4v) is 7.17. The molecule has 0 atom stereocenters. The van der Waals surface area contributed by atoms with E-state index in [1.54, 1.807) is 32.0 Å². The average Bonchev–Trinajstić information content (AvgIpc) is 3.35. The molecule has 1 saturated heterocycles. The van der Waals surface area contributed by atoms with Crippen molar-refractivity contribution in [1.29, 1.82) is 0 Å². The number of carbonyl (C=O) groups excluding carboxylic acids is 1. The molecule has 0 saturated carbocycles. The second-order valence-electron chi connectivity index (χ2n) is 10.7.